The van der Waals surface area contributed by atoms with Crippen LogP contribution in [-0.2, 0) is 10.3 Å². The number of Topliss-reactive ketones (excluding diaryl/α,β-unsaturated/α-hetero) is 1. The quantitative estimate of drug-likeness (QED) is 0.488. The molecule has 1 aliphatic carbocycles. The molecule has 0 amide bonds. The van der Waals surface area contributed by atoms with Gasteiger partial charge in [0.05, 0.1) is 4.92 Å². The van der Waals surface area contributed by atoms with Gasteiger partial charge in [-0.05, 0) is 55.2 Å². The van der Waals surface area contributed by atoms with Crippen LogP contribution in [0, 0.1) is 10.1 Å². The summed E-state index contributed by atoms with van der Waals surface area (Å²) in [5.74, 6) is -0.0362. The van der Waals surface area contributed by atoms with Gasteiger partial charge < -0.3 is 5.32 Å². The zero-order valence-electron chi connectivity index (χ0n) is 14.4. The summed E-state index contributed by atoms with van der Waals surface area (Å²) in [7, 11) is 1.76. The molecule has 134 valence electrons. The first-order chi connectivity index (χ1) is 12.5. The molecule has 1 saturated carbocycles. The zero-order valence-corrected chi connectivity index (χ0v) is 15.1. The first kappa shape index (κ1) is 18.3. The predicted octanol–water partition coefficient (Wildman–Crippen LogP) is 4.50. The van der Waals surface area contributed by atoms with Crippen LogP contribution in [-0.4, -0.2) is 17.8 Å². The van der Waals surface area contributed by atoms with Gasteiger partial charge in [0.2, 0.25) is 0 Å². The van der Waals surface area contributed by atoms with Crippen molar-refractivity contribution in [1.29, 1.82) is 0 Å². The van der Waals surface area contributed by atoms with Crippen molar-refractivity contribution in [2.75, 3.05) is 7.05 Å². The van der Waals surface area contributed by atoms with Gasteiger partial charge >= 0.3 is 0 Å². The van der Waals surface area contributed by atoms with Gasteiger partial charge in [0.1, 0.15) is 5.54 Å². The summed E-state index contributed by atoms with van der Waals surface area (Å²) in [5.41, 5.74) is 1.19. The Morgan fingerprint density at radius 1 is 1.23 bits per heavy atom. The highest BCUT2D eigenvalue weighted by Gasteiger charge is 2.43. The van der Waals surface area contributed by atoms with Gasteiger partial charge in [-0.15, -0.1) is 0 Å². The number of nitrogens with zero attached hydrogens (tertiary/aromatic N) is 1. The second kappa shape index (κ2) is 7.40. The molecule has 0 aliphatic heterocycles. The second-order valence-electron chi connectivity index (χ2n) is 6.34. The predicted molar refractivity (Wildman–Crippen MR) is 102 cm³/mol. The minimum absolute atomic E-state index is 0.00796. The summed E-state index contributed by atoms with van der Waals surface area (Å²) in [4.78, 5) is 23.9. The molecule has 0 heterocycles. The first-order valence-electron chi connectivity index (χ1n) is 8.42. The Labute approximate surface area is 156 Å². The molecule has 3 rings (SSSR count). The van der Waals surface area contributed by atoms with E-state index in [1.54, 1.807) is 31.3 Å². The van der Waals surface area contributed by atoms with E-state index in [0.29, 0.717) is 29.0 Å². The summed E-state index contributed by atoms with van der Waals surface area (Å²) in [6, 6.07) is 13.6. The number of carbonyl (C=O) groups is 1. The average molecular weight is 371 g/mol. The maximum Gasteiger partial charge on any atom is 0.270 e. The van der Waals surface area contributed by atoms with Crippen molar-refractivity contribution in [1.82, 2.24) is 5.32 Å². The third kappa shape index (κ3) is 3.28. The summed E-state index contributed by atoms with van der Waals surface area (Å²) in [6.07, 6.45) is 3.85. The van der Waals surface area contributed by atoms with Crippen molar-refractivity contribution in [3.05, 3.63) is 80.4 Å². The van der Waals surface area contributed by atoms with E-state index in [1.165, 1.54) is 12.1 Å². The summed E-state index contributed by atoms with van der Waals surface area (Å²) < 4.78 is 0. The van der Waals surface area contributed by atoms with Crippen LogP contribution < -0.4 is 5.32 Å². The average Bonchev–Trinajstić information content (AvgIpc) is 2.64. The Bertz CT molecular complexity index is 894. The van der Waals surface area contributed by atoms with Gasteiger partial charge in [-0.3, -0.25) is 14.9 Å². The number of rotatable bonds is 4. The molecule has 1 atom stereocenters. The van der Waals surface area contributed by atoms with E-state index in [9.17, 15) is 14.9 Å². The van der Waals surface area contributed by atoms with E-state index >= 15 is 0 Å². The van der Waals surface area contributed by atoms with Gasteiger partial charge in [0.15, 0.2) is 5.78 Å². The number of halogens is 1. The van der Waals surface area contributed by atoms with Crippen LogP contribution >= 0.6 is 11.6 Å². The molecule has 0 radical (unpaired) electrons. The van der Waals surface area contributed by atoms with Crippen LogP contribution in [0.4, 0.5) is 5.69 Å². The third-order valence-electron chi connectivity index (χ3n) is 4.86. The van der Waals surface area contributed by atoms with Crippen molar-refractivity contribution < 1.29 is 9.72 Å². The van der Waals surface area contributed by atoms with Crippen molar-refractivity contribution in [3.8, 4) is 0 Å². The molecule has 1 fully saturated rings. The molecular weight excluding hydrogens is 352 g/mol. The highest BCUT2D eigenvalue weighted by atomic mass is 35.5. The molecular formula is C20H19ClN2O3. The van der Waals surface area contributed by atoms with Crippen LogP contribution in [0.25, 0.3) is 6.08 Å². The largest absolute Gasteiger partial charge is 0.304 e. The number of nitro benzene ring substituents is 1. The molecule has 6 heteroatoms. The fraction of sp³-hybridized carbons (Fsp3) is 0.250. The fourth-order valence-corrected chi connectivity index (χ4v) is 3.85. The Morgan fingerprint density at radius 3 is 2.69 bits per heavy atom. The van der Waals surface area contributed by atoms with Gasteiger partial charge in [-0.25, -0.2) is 0 Å². The highest BCUT2D eigenvalue weighted by Crippen LogP contribution is 2.40. The minimum Gasteiger partial charge on any atom is -0.304 e. The molecule has 1 N–H and O–H groups in total. The molecule has 0 spiro atoms. The second-order valence-corrected chi connectivity index (χ2v) is 6.75. The lowest BCUT2D eigenvalue weighted by molar-refractivity contribution is -0.384. The summed E-state index contributed by atoms with van der Waals surface area (Å²) in [5, 5.41) is 14.7. The van der Waals surface area contributed by atoms with Crippen molar-refractivity contribution in [2.45, 2.75) is 24.8 Å². The van der Waals surface area contributed by atoms with E-state index in [4.69, 9.17) is 11.6 Å². The van der Waals surface area contributed by atoms with Gasteiger partial charge in [-0.1, -0.05) is 41.9 Å². The molecule has 26 heavy (non-hydrogen) atoms. The topological polar surface area (TPSA) is 72.2 Å². The Hall–Kier alpha value is -2.50. The van der Waals surface area contributed by atoms with Gasteiger partial charge in [0.25, 0.3) is 5.69 Å². The molecule has 1 aliphatic rings. The number of nitro groups is 1. The van der Waals surface area contributed by atoms with Crippen molar-refractivity contribution in [3.63, 3.8) is 0 Å². The number of likely N-dealkylation sites (N-methyl/N-ethyl adjacent to an activating group) is 1. The number of ketones is 1. The number of hydrogen-bond acceptors (Lipinski definition) is 4. The molecule has 2 aromatic carbocycles. The maximum absolute atomic E-state index is 13.3. The standard InChI is InChI=1S/C20H19ClN2O3/c1-22-20(17-9-2-3-10-18(17)21)11-5-7-15(19(20)24)12-14-6-4-8-16(13-14)23(25)26/h2-4,6,8-10,12-13,22H,5,7,11H2,1H3/b15-12-/t20-/m1/s1. The van der Waals surface area contributed by atoms with Gasteiger partial charge in [-0.2, -0.15) is 0 Å². The van der Waals surface area contributed by atoms with Gasteiger partial charge in [0, 0.05) is 17.2 Å². The van der Waals surface area contributed by atoms with Crippen LogP contribution in [0.5, 0.6) is 0 Å². The fourth-order valence-electron chi connectivity index (χ4n) is 3.55. The number of benzene rings is 2. The van der Waals surface area contributed by atoms with Crippen LogP contribution in [0.3, 0.4) is 0 Å². The van der Waals surface area contributed by atoms with E-state index in [-0.39, 0.29) is 11.5 Å². The zero-order chi connectivity index (χ0) is 18.7. The van der Waals surface area contributed by atoms with Crippen LogP contribution in [0.2, 0.25) is 5.02 Å². The number of nitrogens with one attached hydrogen (secondary N) is 1. The number of hydrogen-bond donors (Lipinski definition) is 1. The van der Waals surface area contributed by atoms with Crippen LogP contribution in [0.15, 0.2) is 54.1 Å². The molecule has 0 saturated heterocycles. The third-order valence-corrected chi connectivity index (χ3v) is 5.19. The van der Waals surface area contributed by atoms with Crippen molar-refractivity contribution >= 4 is 29.1 Å². The summed E-state index contributed by atoms with van der Waals surface area (Å²) >= 11 is 6.37. The lowest BCUT2D eigenvalue weighted by Crippen LogP contribution is -2.50. The lowest BCUT2D eigenvalue weighted by Gasteiger charge is -2.37. The van der Waals surface area contributed by atoms with Crippen LogP contribution in [0.1, 0.15) is 30.4 Å². The van der Waals surface area contributed by atoms with E-state index < -0.39 is 10.5 Å². The van der Waals surface area contributed by atoms with E-state index in [2.05, 4.69) is 5.32 Å². The Balaban J connectivity index is 2.03. The lowest BCUT2D eigenvalue weighted by atomic mass is 9.73. The summed E-state index contributed by atoms with van der Waals surface area (Å²) in [6.45, 7) is 0. The number of non-ortho nitro benzene ring substituents is 1. The smallest absolute Gasteiger partial charge is 0.270 e. The maximum atomic E-state index is 13.3. The molecule has 0 unspecified atom stereocenters. The van der Waals surface area contributed by atoms with E-state index in [0.717, 1.165) is 12.0 Å². The van der Waals surface area contributed by atoms with Crippen molar-refractivity contribution in [2.24, 2.45) is 0 Å². The molecule has 2 aromatic rings. The monoisotopic (exact) mass is 370 g/mol. The molecule has 0 aromatic heterocycles. The van der Waals surface area contributed by atoms with E-state index in [1.807, 2.05) is 18.2 Å². The highest BCUT2D eigenvalue weighted by molar-refractivity contribution is 6.32. The normalized spacial score (nSPS) is 21.8. The first-order valence-corrected chi connectivity index (χ1v) is 8.79. The Morgan fingerprint density at radius 2 is 2.00 bits per heavy atom. The molecule has 5 nitrogen and oxygen atoms in total. The number of carbonyl (C=O) groups excluding carboxylic acids is 1. The Kier molecular flexibility index (Phi) is 5.20. The molecule has 0 bridgehead atoms. The SMILES string of the molecule is CN[C@@]1(c2ccccc2Cl)CCC/C(=C/c2cccc([N+](=O)[O-])c2)C1=O. The minimum atomic E-state index is -0.872.